The standard InChI is InChI=1S/C17H19NOS2/c1-11-4-7-18(8-5-11)17(19)15-10-12-2-3-14-13(6-9-20-14)16(12)21-15/h6,9-11H,2-5,7-8H2,1H3. The van der Waals surface area contributed by atoms with Gasteiger partial charge in [-0.2, -0.15) is 0 Å². The highest BCUT2D eigenvalue weighted by Crippen LogP contribution is 2.42. The van der Waals surface area contributed by atoms with Gasteiger partial charge in [-0.3, -0.25) is 4.79 Å². The summed E-state index contributed by atoms with van der Waals surface area (Å²) in [5, 5.41) is 2.17. The van der Waals surface area contributed by atoms with E-state index in [0.29, 0.717) is 0 Å². The molecule has 0 atom stereocenters. The van der Waals surface area contributed by atoms with Crippen molar-refractivity contribution < 1.29 is 4.79 Å². The van der Waals surface area contributed by atoms with Crippen LogP contribution in [0, 0.1) is 5.92 Å². The molecular weight excluding hydrogens is 298 g/mol. The van der Waals surface area contributed by atoms with Crippen LogP contribution in [0.15, 0.2) is 17.5 Å². The van der Waals surface area contributed by atoms with Gasteiger partial charge in [0.2, 0.25) is 0 Å². The number of piperidine rings is 1. The Morgan fingerprint density at radius 2 is 2.10 bits per heavy atom. The van der Waals surface area contributed by atoms with Crippen LogP contribution in [-0.4, -0.2) is 23.9 Å². The predicted octanol–water partition coefficient (Wildman–Crippen LogP) is 4.45. The average Bonchev–Trinajstić information content (AvgIpc) is 3.12. The normalized spacial score (nSPS) is 18.4. The van der Waals surface area contributed by atoms with Crippen LogP contribution in [0.3, 0.4) is 0 Å². The summed E-state index contributed by atoms with van der Waals surface area (Å²) in [6.45, 7) is 4.13. The molecule has 3 heterocycles. The van der Waals surface area contributed by atoms with E-state index in [4.69, 9.17) is 0 Å². The van der Waals surface area contributed by atoms with Crippen LogP contribution in [0.2, 0.25) is 0 Å². The number of carbonyl (C=O) groups is 1. The second-order valence-electron chi connectivity index (χ2n) is 6.20. The quantitative estimate of drug-likeness (QED) is 0.761. The van der Waals surface area contributed by atoms with Crippen LogP contribution in [-0.2, 0) is 12.8 Å². The first kappa shape index (κ1) is 13.5. The summed E-state index contributed by atoms with van der Waals surface area (Å²) in [5.74, 6) is 1.01. The van der Waals surface area contributed by atoms with E-state index in [1.54, 1.807) is 11.3 Å². The van der Waals surface area contributed by atoms with Gasteiger partial charge in [-0.05, 0) is 54.7 Å². The van der Waals surface area contributed by atoms with Crippen molar-refractivity contribution in [2.45, 2.75) is 32.6 Å². The molecule has 2 nitrogen and oxygen atoms in total. The van der Waals surface area contributed by atoms with Gasteiger partial charge in [0.25, 0.3) is 5.91 Å². The van der Waals surface area contributed by atoms with Gasteiger partial charge in [-0.25, -0.2) is 0 Å². The zero-order valence-corrected chi connectivity index (χ0v) is 13.9. The third kappa shape index (κ3) is 2.34. The van der Waals surface area contributed by atoms with Gasteiger partial charge in [0.15, 0.2) is 0 Å². The van der Waals surface area contributed by atoms with Crippen molar-refractivity contribution in [1.82, 2.24) is 4.90 Å². The summed E-state index contributed by atoms with van der Waals surface area (Å²) in [7, 11) is 0. The minimum Gasteiger partial charge on any atom is -0.338 e. The molecule has 110 valence electrons. The Labute approximate surface area is 133 Å². The van der Waals surface area contributed by atoms with Crippen molar-refractivity contribution in [2.75, 3.05) is 13.1 Å². The molecule has 0 bridgehead atoms. The zero-order chi connectivity index (χ0) is 14.4. The van der Waals surface area contributed by atoms with Gasteiger partial charge in [0.1, 0.15) is 0 Å². The van der Waals surface area contributed by atoms with Gasteiger partial charge >= 0.3 is 0 Å². The fraction of sp³-hybridized carbons (Fsp3) is 0.471. The first-order chi connectivity index (χ1) is 10.2. The molecule has 0 saturated carbocycles. The maximum Gasteiger partial charge on any atom is 0.263 e. The molecule has 0 aromatic carbocycles. The van der Waals surface area contributed by atoms with Crippen LogP contribution in [0.4, 0.5) is 0 Å². The van der Waals surface area contributed by atoms with Crippen LogP contribution in [0.1, 0.15) is 39.9 Å². The van der Waals surface area contributed by atoms with Gasteiger partial charge < -0.3 is 4.90 Å². The van der Waals surface area contributed by atoms with Crippen LogP contribution >= 0.6 is 22.7 Å². The molecule has 1 fully saturated rings. The van der Waals surface area contributed by atoms with Gasteiger partial charge in [-0.1, -0.05) is 6.92 Å². The molecule has 0 unspecified atom stereocenters. The number of aryl methyl sites for hydroxylation is 2. The Morgan fingerprint density at radius 3 is 2.90 bits per heavy atom. The number of fused-ring (bicyclic) bond motifs is 3. The highest BCUT2D eigenvalue weighted by atomic mass is 32.1. The molecule has 1 aliphatic carbocycles. The van der Waals surface area contributed by atoms with E-state index < -0.39 is 0 Å². The molecule has 0 radical (unpaired) electrons. The first-order valence-electron chi connectivity index (χ1n) is 7.71. The second kappa shape index (κ2) is 5.25. The number of rotatable bonds is 1. The molecule has 1 amide bonds. The maximum atomic E-state index is 12.7. The van der Waals surface area contributed by atoms with E-state index in [1.165, 1.54) is 20.9 Å². The van der Waals surface area contributed by atoms with E-state index in [9.17, 15) is 4.79 Å². The fourth-order valence-corrected chi connectivity index (χ4v) is 5.48. The molecule has 1 aliphatic heterocycles. The fourth-order valence-electron chi connectivity index (χ4n) is 3.30. The number of thiophene rings is 2. The number of hydrogen-bond acceptors (Lipinski definition) is 3. The largest absolute Gasteiger partial charge is 0.338 e. The number of amides is 1. The first-order valence-corrected chi connectivity index (χ1v) is 9.40. The Balaban J connectivity index is 1.62. The molecule has 0 N–H and O–H groups in total. The van der Waals surface area contributed by atoms with Crippen LogP contribution in [0.25, 0.3) is 10.4 Å². The Kier molecular flexibility index (Phi) is 3.38. The predicted molar refractivity (Wildman–Crippen MR) is 89.3 cm³/mol. The third-order valence-electron chi connectivity index (χ3n) is 4.70. The molecule has 0 spiro atoms. The summed E-state index contributed by atoms with van der Waals surface area (Å²) < 4.78 is 0. The summed E-state index contributed by atoms with van der Waals surface area (Å²) >= 11 is 3.55. The minimum atomic E-state index is 0.248. The number of nitrogens with zero attached hydrogens (tertiary/aromatic N) is 1. The number of hydrogen-bond donors (Lipinski definition) is 0. The average molecular weight is 317 g/mol. The van der Waals surface area contributed by atoms with Crippen molar-refractivity contribution in [2.24, 2.45) is 5.92 Å². The molecule has 4 heteroatoms. The lowest BCUT2D eigenvalue weighted by Crippen LogP contribution is -2.37. The molecular formula is C17H19NOS2. The lowest BCUT2D eigenvalue weighted by Gasteiger charge is -2.29. The molecule has 2 aliphatic rings. The third-order valence-corrected chi connectivity index (χ3v) is 6.88. The SMILES string of the molecule is CC1CCN(C(=O)c2cc3c(s2)-c2ccsc2CC3)CC1. The van der Waals surface area contributed by atoms with Crippen LogP contribution in [0.5, 0.6) is 0 Å². The van der Waals surface area contributed by atoms with E-state index in [0.717, 1.165) is 49.6 Å². The molecule has 21 heavy (non-hydrogen) atoms. The van der Waals surface area contributed by atoms with Crippen molar-refractivity contribution in [3.63, 3.8) is 0 Å². The summed E-state index contributed by atoms with van der Waals surface area (Å²) in [6, 6.07) is 4.37. The smallest absolute Gasteiger partial charge is 0.263 e. The molecule has 2 aromatic rings. The Hall–Kier alpha value is -1.13. The Bertz CT molecular complexity index is 677. The molecule has 4 rings (SSSR count). The van der Waals surface area contributed by atoms with Crippen molar-refractivity contribution >= 4 is 28.6 Å². The summed E-state index contributed by atoms with van der Waals surface area (Å²) in [5.41, 5.74) is 2.75. The molecule has 2 aromatic heterocycles. The van der Waals surface area contributed by atoms with E-state index >= 15 is 0 Å². The monoisotopic (exact) mass is 317 g/mol. The van der Waals surface area contributed by atoms with Crippen LogP contribution < -0.4 is 0 Å². The second-order valence-corrected chi connectivity index (χ2v) is 8.25. The van der Waals surface area contributed by atoms with E-state index in [2.05, 4.69) is 24.4 Å². The lowest BCUT2D eigenvalue weighted by molar-refractivity contribution is 0.0702. The van der Waals surface area contributed by atoms with Gasteiger partial charge in [0.05, 0.1) is 4.88 Å². The number of likely N-dealkylation sites (tertiary alicyclic amines) is 1. The topological polar surface area (TPSA) is 20.3 Å². The van der Waals surface area contributed by atoms with Crippen molar-refractivity contribution in [3.05, 3.63) is 32.8 Å². The Morgan fingerprint density at radius 1 is 1.29 bits per heavy atom. The zero-order valence-electron chi connectivity index (χ0n) is 12.2. The van der Waals surface area contributed by atoms with Gasteiger partial charge in [-0.15, -0.1) is 22.7 Å². The van der Waals surface area contributed by atoms with E-state index in [1.807, 2.05) is 16.2 Å². The van der Waals surface area contributed by atoms with E-state index in [-0.39, 0.29) is 5.91 Å². The lowest BCUT2D eigenvalue weighted by atomic mass is 9.98. The maximum absolute atomic E-state index is 12.7. The highest BCUT2D eigenvalue weighted by molar-refractivity contribution is 7.18. The molecule has 1 saturated heterocycles. The van der Waals surface area contributed by atoms with Crippen molar-refractivity contribution in [3.8, 4) is 10.4 Å². The summed E-state index contributed by atoms with van der Waals surface area (Å²) in [6.07, 6.45) is 4.51. The minimum absolute atomic E-state index is 0.248. The van der Waals surface area contributed by atoms with Crippen molar-refractivity contribution in [1.29, 1.82) is 0 Å². The summed E-state index contributed by atoms with van der Waals surface area (Å²) in [4.78, 5) is 18.5. The van der Waals surface area contributed by atoms with Gasteiger partial charge in [0, 0.05) is 28.4 Å². The number of carbonyl (C=O) groups excluding carboxylic acids is 1. The highest BCUT2D eigenvalue weighted by Gasteiger charge is 2.26.